The Morgan fingerprint density at radius 2 is 1.75 bits per heavy atom. The van der Waals surface area contributed by atoms with E-state index in [1.54, 1.807) is 58.0 Å². The third-order valence-corrected chi connectivity index (χ3v) is 10.5. The van der Waals surface area contributed by atoms with E-state index in [1.165, 1.54) is 0 Å². The van der Waals surface area contributed by atoms with E-state index in [0.717, 1.165) is 7.11 Å². The summed E-state index contributed by atoms with van der Waals surface area (Å²) >= 11 is 0. The van der Waals surface area contributed by atoms with Gasteiger partial charge in [-0.25, -0.2) is 9.59 Å². The number of carbonyl (C=O) groups is 3. The number of hydrogen-bond acceptors (Lipinski definition) is 10. The molecule has 1 aromatic rings. The van der Waals surface area contributed by atoms with Crippen LogP contribution in [-0.2, 0) is 23.7 Å². The zero-order chi connectivity index (χ0) is 29.4. The maximum Gasteiger partial charge on any atom is 0.508 e. The minimum absolute atomic E-state index is 0.136. The minimum Gasteiger partial charge on any atom is -0.455 e. The van der Waals surface area contributed by atoms with Crippen molar-refractivity contribution < 1.29 is 48.7 Å². The Kier molecular flexibility index (Phi) is 6.73. The van der Waals surface area contributed by atoms with Gasteiger partial charge in [-0.3, -0.25) is 4.79 Å². The fourth-order valence-electron chi connectivity index (χ4n) is 7.89. The molecule has 0 aromatic heterocycles. The minimum atomic E-state index is -2.00. The Morgan fingerprint density at radius 1 is 1.10 bits per heavy atom. The van der Waals surface area contributed by atoms with Crippen LogP contribution in [0, 0.1) is 22.7 Å². The Hall–Kier alpha value is -2.79. The van der Waals surface area contributed by atoms with E-state index in [1.807, 2.05) is 6.92 Å². The van der Waals surface area contributed by atoms with Gasteiger partial charge in [0.2, 0.25) is 0 Å². The quantitative estimate of drug-likeness (QED) is 0.373. The Balaban J connectivity index is 1.81. The van der Waals surface area contributed by atoms with Crippen LogP contribution in [0.15, 0.2) is 41.5 Å². The molecule has 10 nitrogen and oxygen atoms in total. The molecule has 5 rings (SSSR count). The molecule has 0 spiro atoms. The third-order valence-electron chi connectivity index (χ3n) is 10.5. The number of Topliss-reactive ketones (excluding diaryl/α,β-unsaturated/α-hetero) is 1. The average molecular weight is 559 g/mol. The van der Waals surface area contributed by atoms with Gasteiger partial charge in [0.05, 0.1) is 31.3 Å². The molecule has 1 saturated heterocycles. The molecule has 2 bridgehead atoms. The lowest BCUT2D eigenvalue weighted by atomic mass is 9.43. The van der Waals surface area contributed by atoms with Gasteiger partial charge in [0.15, 0.2) is 11.4 Å². The van der Waals surface area contributed by atoms with E-state index >= 15 is 0 Å². The topological polar surface area (TPSA) is 149 Å². The van der Waals surface area contributed by atoms with Gasteiger partial charge < -0.3 is 34.3 Å². The summed E-state index contributed by atoms with van der Waals surface area (Å²) < 4.78 is 22.8. The first kappa shape index (κ1) is 28.7. The van der Waals surface area contributed by atoms with Gasteiger partial charge in [0, 0.05) is 17.3 Å². The highest BCUT2D eigenvalue weighted by Gasteiger charge is 2.77. The van der Waals surface area contributed by atoms with Crippen LogP contribution in [0.3, 0.4) is 0 Å². The fourth-order valence-corrected chi connectivity index (χ4v) is 7.89. The highest BCUT2D eigenvalue weighted by atomic mass is 16.8. The highest BCUT2D eigenvalue weighted by Crippen LogP contribution is 2.65. The van der Waals surface area contributed by atoms with Gasteiger partial charge in [0.1, 0.15) is 23.9 Å². The molecule has 10 heteroatoms. The van der Waals surface area contributed by atoms with E-state index in [4.69, 9.17) is 18.9 Å². The van der Waals surface area contributed by atoms with Crippen LogP contribution in [0.5, 0.6) is 0 Å². The van der Waals surface area contributed by atoms with E-state index < -0.39 is 76.2 Å². The number of methoxy groups -OCH3 is 1. The fraction of sp³-hybridized carbons (Fsp3) is 0.633. The summed E-state index contributed by atoms with van der Waals surface area (Å²) in [6, 6.07) is 8.23. The zero-order valence-corrected chi connectivity index (χ0v) is 23.7. The zero-order valence-electron chi connectivity index (χ0n) is 23.7. The van der Waals surface area contributed by atoms with Crippen molar-refractivity contribution >= 4 is 17.9 Å². The number of aliphatic hydroxyl groups excluding tert-OH is 2. The van der Waals surface area contributed by atoms with Crippen LogP contribution in [0.2, 0.25) is 0 Å². The SMILES string of the molecule is COC(=O)O[C@@]12COC1C[C@H](C)[C@@]1(C)C(=O)[C@H](O)C3=C(C)[C@@H](O)C[C@@](O)(C(OC(=O)c4ccccc4)C21)C3(C)C. The van der Waals surface area contributed by atoms with E-state index in [-0.39, 0.29) is 24.2 Å². The lowest BCUT2D eigenvalue weighted by molar-refractivity contribution is -0.338. The maximum atomic E-state index is 14.5. The van der Waals surface area contributed by atoms with Crippen molar-refractivity contribution in [2.75, 3.05) is 13.7 Å². The average Bonchev–Trinajstić information content (AvgIpc) is 2.91. The number of aliphatic hydroxyl groups is 3. The summed E-state index contributed by atoms with van der Waals surface area (Å²) in [7, 11) is 1.16. The third kappa shape index (κ3) is 3.65. The standard InChI is InChI=1S/C30H38O10/c1-15-12-19-29(14-38-19,40-26(35)37-6)22-24(39-25(34)17-10-8-7-9-11-17)30(36)13-18(31)16(2)20(27(30,3)4)21(32)23(33)28(15,22)5/h7-11,15,18-19,21-22,24,31-32,36H,12-14H2,1-6H3/t15-,18-,19?,21+,22?,24?,28+,29-,30+/m0/s1. The molecule has 4 aliphatic rings. The van der Waals surface area contributed by atoms with Gasteiger partial charge in [-0.15, -0.1) is 0 Å². The number of carbonyl (C=O) groups excluding carboxylic acids is 3. The maximum absolute atomic E-state index is 14.5. The smallest absolute Gasteiger partial charge is 0.455 e. The van der Waals surface area contributed by atoms with E-state index in [2.05, 4.69) is 0 Å². The molecule has 1 aliphatic heterocycles. The molecule has 2 saturated carbocycles. The van der Waals surface area contributed by atoms with E-state index in [0.29, 0.717) is 12.0 Å². The normalized spacial score (nSPS) is 41.9. The Bertz CT molecular complexity index is 1260. The van der Waals surface area contributed by atoms with Crippen molar-refractivity contribution in [3.05, 3.63) is 47.0 Å². The molecular formula is C30H38O10. The predicted octanol–water partition coefficient (Wildman–Crippen LogP) is 2.58. The number of ether oxygens (including phenoxy) is 4. The summed E-state index contributed by atoms with van der Waals surface area (Å²) in [5, 5.41) is 35.6. The number of esters is 1. The first-order chi connectivity index (χ1) is 18.7. The molecule has 1 aromatic carbocycles. The highest BCUT2D eigenvalue weighted by molar-refractivity contribution is 5.93. The molecular weight excluding hydrogens is 520 g/mol. The van der Waals surface area contributed by atoms with Crippen LogP contribution in [0.1, 0.15) is 57.8 Å². The molecule has 3 fully saturated rings. The van der Waals surface area contributed by atoms with Gasteiger partial charge in [-0.2, -0.15) is 0 Å². The summed E-state index contributed by atoms with van der Waals surface area (Å²) in [4.78, 5) is 40.8. The molecule has 3 N–H and O–H groups in total. The summed E-state index contributed by atoms with van der Waals surface area (Å²) in [5.41, 5.74) is -5.51. The van der Waals surface area contributed by atoms with Crippen LogP contribution in [0.25, 0.3) is 0 Å². The molecule has 3 unspecified atom stereocenters. The molecule has 9 atom stereocenters. The number of hydrogen-bond donors (Lipinski definition) is 3. The summed E-state index contributed by atoms with van der Waals surface area (Å²) in [6.45, 7) is 8.32. The van der Waals surface area contributed by atoms with Crippen LogP contribution >= 0.6 is 0 Å². The number of fused-ring (bicyclic) bond motifs is 5. The molecule has 218 valence electrons. The molecule has 0 amide bonds. The van der Waals surface area contributed by atoms with Gasteiger partial charge in [-0.1, -0.05) is 45.9 Å². The van der Waals surface area contributed by atoms with Crippen molar-refractivity contribution in [2.24, 2.45) is 22.7 Å². The van der Waals surface area contributed by atoms with Crippen molar-refractivity contribution in [3.63, 3.8) is 0 Å². The van der Waals surface area contributed by atoms with Crippen molar-refractivity contribution in [2.45, 2.75) is 83.1 Å². The van der Waals surface area contributed by atoms with Crippen molar-refractivity contribution in [3.8, 4) is 0 Å². The summed E-state index contributed by atoms with van der Waals surface area (Å²) in [6.07, 6.45) is -5.99. The summed E-state index contributed by atoms with van der Waals surface area (Å²) in [5.74, 6) is -2.92. The van der Waals surface area contributed by atoms with Gasteiger partial charge >= 0.3 is 12.1 Å². The predicted molar refractivity (Wildman–Crippen MR) is 140 cm³/mol. The van der Waals surface area contributed by atoms with Crippen LogP contribution in [0.4, 0.5) is 4.79 Å². The molecule has 3 aliphatic carbocycles. The first-order valence-electron chi connectivity index (χ1n) is 13.6. The van der Waals surface area contributed by atoms with Crippen molar-refractivity contribution in [1.29, 1.82) is 0 Å². The van der Waals surface area contributed by atoms with Crippen LogP contribution in [-0.4, -0.2) is 82.6 Å². The second-order valence-electron chi connectivity index (χ2n) is 12.5. The van der Waals surface area contributed by atoms with E-state index in [9.17, 15) is 29.7 Å². The number of ketones is 1. The van der Waals surface area contributed by atoms with Gasteiger partial charge in [0.25, 0.3) is 0 Å². The Labute approximate surface area is 233 Å². The molecule has 40 heavy (non-hydrogen) atoms. The monoisotopic (exact) mass is 558 g/mol. The second kappa shape index (κ2) is 9.37. The van der Waals surface area contributed by atoms with Gasteiger partial charge in [-0.05, 0) is 42.5 Å². The molecule has 0 radical (unpaired) electrons. The molecule has 1 heterocycles. The Morgan fingerprint density at radius 3 is 2.33 bits per heavy atom. The number of rotatable bonds is 3. The first-order valence-corrected chi connectivity index (χ1v) is 13.6. The van der Waals surface area contributed by atoms with Crippen molar-refractivity contribution in [1.82, 2.24) is 0 Å². The lowest BCUT2D eigenvalue weighted by Gasteiger charge is -2.67. The largest absolute Gasteiger partial charge is 0.508 e. The second-order valence-corrected chi connectivity index (χ2v) is 12.5. The van der Waals surface area contributed by atoms with Crippen LogP contribution < -0.4 is 0 Å². The number of benzene rings is 1. The lowest BCUT2D eigenvalue weighted by Crippen LogP contribution is -2.80.